The first-order valence-corrected chi connectivity index (χ1v) is 5.66. The van der Waals surface area contributed by atoms with Crippen LogP contribution >= 0.6 is 0 Å². The van der Waals surface area contributed by atoms with Gasteiger partial charge in [-0.1, -0.05) is 27.2 Å². The van der Waals surface area contributed by atoms with Crippen LogP contribution in [-0.4, -0.2) is 5.54 Å². The molecule has 1 aliphatic carbocycles. The van der Waals surface area contributed by atoms with E-state index in [0.717, 1.165) is 5.92 Å². The maximum Gasteiger partial charge on any atom is 0.0133 e. The molecule has 0 saturated heterocycles. The van der Waals surface area contributed by atoms with Gasteiger partial charge in [-0.2, -0.15) is 0 Å². The quantitative estimate of drug-likeness (QED) is 0.698. The highest BCUT2D eigenvalue weighted by Gasteiger charge is 2.39. The largest absolute Gasteiger partial charge is 0.325 e. The predicted molar refractivity (Wildman–Crippen MR) is 58.6 cm³/mol. The van der Waals surface area contributed by atoms with Gasteiger partial charge in [0.2, 0.25) is 0 Å². The minimum atomic E-state index is 0.0849. The van der Waals surface area contributed by atoms with Crippen molar-refractivity contribution in [3.05, 3.63) is 0 Å². The maximum atomic E-state index is 6.27. The van der Waals surface area contributed by atoms with E-state index < -0.39 is 0 Å². The van der Waals surface area contributed by atoms with E-state index in [4.69, 9.17) is 5.73 Å². The lowest BCUT2D eigenvalue weighted by molar-refractivity contribution is 0.0928. The molecule has 0 aliphatic heterocycles. The minimum Gasteiger partial charge on any atom is -0.325 e. The molecule has 0 aromatic rings. The molecule has 13 heavy (non-hydrogen) atoms. The Balaban J connectivity index is 2.66. The maximum absolute atomic E-state index is 6.27. The van der Waals surface area contributed by atoms with Crippen LogP contribution in [0, 0.1) is 11.3 Å². The van der Waals surface area contributed by atoms with Crippen molar-refractivity contribution >= 4 is 0 Å². The molecule has 0 radical (unpaired) electrons. The summed E-state index contributed by atoms with van der Waals surface area (Å²) >= 11 is 0. The first-order chi connectivity index (χ1) is 5.87. The Morgan fingerprint density at radius 1 is 1.31 bits per heavy atom. The van der Waals surface area contributed by atoms with Crippen LogP contribution in [-0.2, 0) is 0 Å². The average Bonchev–Trinajstić information content (AvgIpc) is 1.78. The Morgan fingerprint density at radius 3 is 2.38 bits per heavy atom. The van der Waals surface area contributed by atoms with Crippen molar-refractivity contribution in [3.8, 4) is 0 Å². The lowest BCUT2D eigenvalue weighted by atomic mass is 9.63. The van der Waals surface area contributed by atoms with Crippen LogP contribution in [0.25, 0.3) is 0 Å². The van der Waals surface area contributed by atoms with Gasteiger partial charge in [0, 0.05) is 5.54 Å². The summed E-state index contributed by atoms with van der Waals surface area (Å²) in [4.78, 5) is 0. The molecule has 1 nitrogen and oxygen atoms in total. The fourth-order valence-electron chi connectivity index (χ4n) is 3.62. The molecule has 0 aromatic heterocycles. The van der Waals surface area contributed by atoms with E-state index in [0.29, 0.717) is 5.41 Å². The smallest absolute Gasteiger partial charge is 0.0133 e. The minimum absolute atomic E-state index is 0.0849. The van der Waals surface area contributed by atoms with E-state index in [1.807, 2.05) is 0 Å². The van der Waals surface area contributed by atoms with Crippen LogP contribution in [0.2, 0.25) is 0 Å². The molecule has 1 heteroatoms. The predicted octanol–water partition coefficient (Wildman–Crippen LogP) is 3.33. The van der Waals surface area contributed by atoms with Crippen molar-refractivity contribution in [2.45, 2.75) is 65.3 Å². The zero-order valence-electron chi connectivity index (χ0n) is 9.69. The van der Waals surface area contributed by atoms with E-state index in [1.165, 1.54) is 32.1 Å². The lowest BCUT2D eigenvalue weighted by Crippen LogP contribution is -2.47. The summed E-state index contributed by atoms with van der Waals surface area (Å²) < 4.78 is 0. The molecule has 1 fully saturated rings. The summed E-state index contributed by atoms with van der Waals surface area (Å²) in [5.41, 5.74) is 6.87. The van der Waals surface area contributed by atoms with Gasteiger partial charge in [0.1, 0.15) is 0 Å². The van der Waals surface area contributed by atoms with Crippen molar-refractivity contribution in [2.24, 2.45) is 17.1 Å². The van der Waals surface area contributed by atoms with Crippen LogP contribution < -0.4 is 5.73 Å². The van der Waals surface area contributed by atoms with Crippen LogP contribution in [0.1, 0.15) is 59.8 Å². The van der Waals surface area contributed by atoms with E-state index in [1.54, 1.807) is 0 Å². The number of hydrogen-bond acceptors (Lipinski definition) is 1. The Labute approximate surface area is 83.1 Å². The standard InChI is InChI=1S/C12H25N/c1-5-6-11(3)7-10(2)8-12(4,13)9-11/h10H,5-9,13H2,1-4H3/t10-,11-,12-/m1/s1. The highest BCUT2D eigenvalue weighted by molar-refractivity contribution is 4.95. The van der Waals surface area contributed by atoms with Gasteiger partial charge in [0.05, 0.1) is 0 Å². The molecule has 0 bridgehead atoms. The number of rotatable bonds is 2. The van der Waals surface area contributed by atoms with Crippen molar-refractivity contribution in [3.63, 3.8) is 0 Å². The van der Waals surface area contributed by atoms with Gasteiger partial charge in [-0.05, 0) is 43.9 Å². The molecule has 3 atom stereocenters. The van der Waals surface area contributed by atoms with Gasteiger partial charge in [-0.3, -0.25) is 0 Å². The van der Waals surface area contributed by atoms with Crippen LogP contribution in [0.4, 0.5) is 0 Å². The normalized spacial score (nSPS) is 46.4. The third-order valence-electron chi connectivity index (χ3n) is 3.34. The van der Waals surface area contributed by atoms with Crippen LogP contribution in [0.15, 0.2) is 0 Å². The van der Waals surface area contributed by atoms with Crippen molar-refractivity contribution in [1.82, 2.24) is 0 Å². The van der Waals surface area contributed by atoms with E-state index in [2.05, 4.69) is 27.7 Å². The highest BCUT2D eigenvalue weighted by Crippen LogP contribution is 2.45. The Hall–Kier alpha value is -0.0400. The molecule has 1 aliphatic rings. The van der Waals surface area contributed by atoms with Crippen LogP contribution in [0.3, 0.4) is 0 Å². The Morgan fingerprint density at radius 2 is 1.92 bits per heavy atom. The fourth-order valence-corrected chi connectivity index (χ4v) is 3.62. The summed E-state index contributed by atoms with van der Waals surface area (Å²) in [6.45, 7) is 9.25. The molecular formula is C12H25N. The first-order valence-electron chi connectivity index (χ1n) is 5.66. The van der Waals surface area contributed by atoms with Gasteiger partial charge < -0.3 is 5.73 Å². The SMILES string of the molecule is CCC[C@]1(C)C[C@@H](C)C[C@@](C)(N)C1. The molecule has 0 spiro atoms. The molecule has 1 saturated carbocycles. The molecule has 0 amide bonds. The van der Waals surface area contributed by atoms with Gasteiger partial charge in [0.15, 0.2) is 0 Å². The summed E-state index contributed by atoms with van der Waals surface area (Å²) in [7, 11) is 0. The van der Waals surface area contributed by atoms with E-state index in [9.17, 15) is 0 Å². The number of hydrogen-bond donors (Lipinski definition) is 1. The Kier molecular flexibility index (Phi) is 3.06. The second-order valence-corrected chi connectivity index (χ2v) is 5.90. The van der Waals surface area contributed by atoms with Crippen molar-refractivity contribution < 1.29 is 0 Å². The van der Waals surface area contributed by atoms with Crippen molar-refractivity contribution in [2.75, 3.05) is 0 Å². The Bertz CT molecular complexity index is 174. The third-order valence-corrected chi connectivity index (χ3v) is 3.34. The molecular weight excluding hydrogens is 158 g/mol. The zero-order chi connectivity index (χ0) is 10.1. The first kappa shape index (κ1) is 11.0. The summed E-state index contributed by atoms with van der Waals surface area (Å²) in [6.07, 6.45) is 6.40. The second kappa shape index (κ2) is 3.61. The molecule has 2 N–H and O–H groups in total. The summed E-state index contributed by atoms with van der Waals surface area (Å²) in [5, 5.41) is 0. The molecule has 1 rings (SSSR count). The average molecular weight is 183 g/mol. The summed E-state index contributed by atoms with van der Waals surface area (Å²) in [6, 6.07) is 0. The fraction of sp³-hybridized carbons (Fsp3) is 1.00. The van der Waals surface area contributed by atoms with Gasteiger partial charge in [-0.25, -0.2) is 0 Å². The van der Waals surface area contributed by atoms with Gasteiger partial charge in [-0.15, -0.1) is 0 Å². The van der Waals surface area contributed by atoms with Crippen molar-refractivity contribution in [1.29, 1.82) is 0 Å². The molecule has 0 unspecified atom stereocenters. The third kappa shape index (κ3) is 2.98. The second-order valence-electron chi connectivity index (χ2n) is 5.90. The summed E-state index contributed by atoms with van der Waals surface area (Å²) in [5.74, 6) is 0.806. The molecule has 78 valence electrons. The van der Waals surface area contributed by atoms with Gasteiger partial charge in [0.25, 0.3) is 0 Å². The monoisotopic (exact) mass is 183 g/mol. The highest BCUT2D eigenvalue weighted by atomic mass is 14.7. The van der Waals surface area contributed by atoms with E-state index >= 15 is 0 Å². The van der Waals surface area contributed by atoms with Gasteiger partial charge >= 0.3 is 0 Å². The van der Waals surface area contributed by atoms with Crippen LogP contribution in [0.5, 0.6) is 0 Å². The van der Waals surface area contributed by atoms with E-state index in [-0.39, 0.29) is 5.54 Å². The zero-order valence-corrected chi connectivity index (χ0v) is 9.69. The topological polar surface area (TPSA) is 26.0 Å². The molecule has 0 heterocycles. The molecule has 0 aromatic carbocycles. The number of nitrogens with two attached hydrogens (primary N) is 1. The lowest BCUT2D eigenvalue weighted by Gasteiger charge is -2.45.